The molecular weight excluding hydrogens is 492 g/mol. The van der Waals surface area contributed by atoms with E-state index in [2.05, 4.69) is 24.6 Å². The first-order valence-electron chi connectivity index (χ1n) is 12.2. The van der Waals surface area contributed by atoms with Crippen LogP contribution in [0, 0.1) is 6.92 Å². The number of amides is 1. The smallest absolute Gasteiger partial charge is 0.410 e. The lowest BCUT2D eigenvalue weighted by molar-refractivity contribution is 0.00733. The van der Waals surface area contributed by atoms with Crippen LogP contribution in [-0.2, 0) is 14.5 Å². The van der Waals surface area contributed by atoms with Gasteiger partial charge in [0, 0.05) is 40.4 Å². The molecule has 1 atom stereocenters. The molecule has 0 bridgehead atoms. The number of benzene rings is 1. The highest BCUT2D eigenvalue weighted by Crippen LogP contribution is 2.33. The monoisotopic (exact) mass is 526 g/mol. The number of likely N-dealkylation sites (tertiary alicyclic amines) is 1. The van der Waals surface area contributed by atoms with Crippen LogP contribution in [0.15, 0.2) is 41.2 Å². The van der Waals surface area contributed by atoms with Gasteiger partial charge in [-0.3, -0.25) is 0 Å². The predicted molar refractivity (Wildman–Crippen MR) is 145 cm³/mol. The van der Waals surface area contributed by atoms with Crippen LogP contribution in [0.2, 0.25) is 0 Å². The van der Waals surface area contributed by atoms with Crippen LogP contribution in [-0.4, -0.2) is 67.5 Å². The van der Waals surface area contributed by atoms with E-state index in [1.807, 2.05) is 45.9 Å². The number of aromatic nitrogens is 3. The number of nitrogens with zero attached hydrogens (tertiary/aromatic N) is 5. The molecule has 0 unspecified atom stereocenters. The summed E-state index contributed by atoms with van der Waals surface area (Å²) < 4.78 is 28.3. The zero-order valence-electron chi connectivity index (χ0n) is 22.1. The summed E-state index contributed by atoms with van der Waals surface area (Å²) in [7, 11) is -2.30. The fourth-order valence-electron chi connectivity index (χ4n) is 4.17. The normalized spacial score (nSPS) is 16.4. The molecule has 4 rings (SSSR count). The second-order valence-electron chi connectivity index (χ2n) is 10.4. The topological polar surface area (TPSA) is 119 Å². The molecule has 11 heteroatoms. The number of carbonyl (C=O) groups excluding carboxylic acids is 1. The molecule has 1 aliphatic rings. The van der Waals surface area contributed by atoms with Crippen LogP contribution >= 0.6 is 0 Å². The predicted octanol–water partition coefficient (Wildman–Crippen LogP) is 5.21. The van der Waals surface area contributed by atoms with Crippen molar-refractivity contribution in [3.63, 3.8) is 0 Å². The Hall–Kier alpha value is -3.47. The summed E-state index contributed by atoms with van der Waals surface area (Å²) in [6.45, 7) is 8.56. The van der Waals surface area contributed by atoms with Crippen molar-refractivity contribution in [3.05, 3.63) is 42.4 Å². The minimum atomic E-state index is -2.30. The number of aryl methyl sites for hydroxylation is 1. The third kappa shape index (κ3) is 7.06. The van der Waals surface area contributed by atoms with E-state index in [0.717, 1.165) is 23.8 Å². The van der Waals surface area contributed by atoms with E-state index in [1.54, 1.807) is 29.7 Å². The standard InChI is InChI=1S/C26H34N6O4S/c1-17-13-18(31-37(5,6)34)14-21-22(17)23(29-16-28-21)30-20-10-7-11-27-24(20)35-19-9-8-12-32(15-19)25(33)36-26(2,3)4/h7,10-11,13-14,16,19H,8-9,12,15H2,1-6H3,(H,28,29,30)/t19-/m1/s1. The molecule has 198 valence electrons. The number of ether oxygens (including phenoxy) is 2. The second-order valence-corrected chi connectivity index (χ2v) is 13.0. The van der Waals surface area contributed by atoms with Crippen LogP contribution in [0.5, 0.6) is 5.88 Å². The molecular formula is C26H34N6O4S. The quantitative estimate of drug-likeness (QED) is 0.481. The fourth-order valence-corrected chi connectivity index (χ4v) is 4.78. The molecule has 3 heterocycles. The summed E-state index contributed by atoms with van der Waals surface area (Å²) in [6.07, 6.45) is 7.39. The minimum absolute atomic E-state index is 0.220. The number of hydrogen-bond acceptors (Lipinski definition) is 9. The molecule has 1 aromatic carbocycles. The first-order valence-corrected chi connectivity index (χ1v) is 14.5. The van der Waals surface area contributed by atoms with Crippen molar-refractivity contribution >= 4 is 43.9 Å². The third-order valence-corrected chi connectivity index (χ3v) is 6.23. The Labute approximate surface area is 218 Å². The van der Waals surface area contributed by atoms with Crippen molar-refractivity contribution in [1.82, 2.24) is 19.9 Å². The second kappa shape index (κ2) is 10.5. The van der Waals surface area contributed by atoms with E-state index in [0.29, 0.717) is 41.7 Å². The summed E-state index contributed by atoms with van der Waals surface area (Å²) in [5, 5.41) is 4.17. The van der Waals surface area contributed by atoms with Gasteiger partial charge in [0.25, 0.3) is 0 Å². The largest absolute Gasteiger partial charge is 0.471 e. The van der Waals surface area contributed by atoms with Crippen molar-refractivity contribution in [2.24, 2.45) is 4.36 Å². The van der Waals surface area contributed by atoms with Gasteiger partial charge in [-0.05, 0) is 70.4 Å². The highest BCUT2D eigenvalue weighted by Gasteiger charge is 2.29. The fraction of sp³-hybridized carbons (Fsp3) is 0.462. The van der Waals surface area contributed by atoms with Gasteiger partial charge in [0.2, 0.25) is 5.88 Å². The number of piperidine rings is 1. The molecule has 1 saturated heterocycles. The van der Waals surface area contributed by atoms with E-state index in [-0.39, 0.29) is 12.2 Å². The Morgan fingerprint density at radius 1 is 1.22 bits per heavy atom. The van der Waals surface area contributed by atoms with Crippen LogP contribution < -0.4 is 10.1 Å². The molecule has 0 radical (unpaired) electrons. The lowest BCUT2D eigenvalue weighted by Crippen LogP contribution is -2.46. The third-order valence-electron chi connectivity index (χ3n) is 5.58. The van der Waals surface area contributed by atoms with Crippen LogP contribution in [0.3, 0.4) is 0 Å². The molecule has 0 spiro atoms. The van der Waals surface area contributed by atoms with Gasteiger partial charge in [-0.1, -0.05) is 0 Å². The van der Waals surface area contributed by atoms with Gasteiger partial charge in [-0.15, -0.1) is 0 Å². The highest BCUT2D eigenvalue weighted by atomic mass is 32.2. The van der Waals surface area contributed by atoms with Crippen molar-refractivity contribution < 1.29 is 18.5 Å². The van der Waals surface area contributed by atoms with Gasteiger partial charge in [0.1, 0.15) is 29.5 Å². The first-order chi connectivity index (χ1) is 17.4. The van der Waals surface area contributed by atoms with Crippen molar-refractivity contribution in [2.75, 3.05) is 30.9 Å². The SMILES string of the molecule is Cc1cc(N=S(C)(C)=O)cc2ncnc(Nc3cccnc3O[C@@H]3CCCN(C(=O)OC(C)(C)C)C3)c12. The molecule has 0 saturated carbocycles. The van der Waals surface area contributed by atoms with Gasteiger partial charge >= 0.3 is 6.09 Å². The Balaban J connectivity index is 1.57. The molecule has 1 amide bonds. The maximum atomic E-state index is 12.6. The van der Waals surface area contributed by atoms with Gasteiger partial charge < -0.3 is 19.7 Å². The van der Waals surface area contributed by atoms with E-state index in [4.69, 9.17) is 9.47 Å². The number of fused-ring (bicyclic) bond motifs is 1. The number of carbonyl (C=O) groups is 1. The van der Waals surface area contributed by atoms with E-state index in [9.17, 15) is 9.00 Å². The first kappa shape index (κ1) is 26.6. The average Bonchev–Trinajstić information content (AvgIpc) is 2.78. The molecule has 1 aliphatic heterocycles. The zero-order chi connectivity index (χ0) is 26.8. The molecule has 3 aromatic rings. The van der Waals surface area contributed by atoms with Gasteiger partial charge in [0.15, 0.2) is 0 Å². The summed E-state index contributed by atoms with van der Waals surface area (Å²) in [6, 6.07) is 7.36. The van der Waals surface area contributed by atoms with Crippen LogP contribution in [0.1, 0.15) is 39.2 Å². The molecule has 37 heavy (non-hydrogen) atoms. The number of pyridine rings is 1. The molecule has 1 fully saturated rings. The van der Waals surface area contributed by atoms with Crippen molar-refractivity contribution in [2.45, 2.75) is 52.2 Å². The average molecular weight is 527 g/mol. The zero-order valence-corrected chi connectivity index (χ0v) is 23.0. The number of hydrogen-bond donors (Lipinski definition) is 1. The Kier molecular flexibility index (Phi) is 7.54. The summed E-state index contributed by atoms with van der Waals surface area (Å²) in [5.41, 5.74) is 2.29. The van der Waals surface area contributed by atoms with E-state index in [1.165, 1.54) is 6.33 Å². The number of anilines is 2. The molecule has 10 nitrogen and oxygen atoms in total. The van der Waals surface area contributed by atoms with Gasteiger partial charge in [-0.2, -0.15) is 4.36 Å². The van der Waals surface area contributed by atoms with E-state index >= 15 is 0 Å². The summed E-state index contributed by atoms with van der Waals surface area (Å²) in [5.74, 6) is 1.02. The maximum absolute atomic E-state index is 12.6. The summed E-state index contributed by atoms with van der Waals surface area (Å²) in [4.78, 5) is 27.6. The highest BCUT2D eigenvalue weighted by molar-refractivity contribution is 7.92. The van der Waals surface area contributed by atoms with Gasteiger partial charge in [-0.25, -0.2) is 24.0 Å². The van der Waals surface area contributed by atoms with Crippen LogP contribution in [0.4, 0.5) is 22.0 Å². The van der Waals surface area contributed by atoms with E-state index < -0.39 is 15.3 Å². The number of rotatable bonds is 5. The van der Waals surface area contributed by atoms with Gasteiger partial charge in [0.05, 0.1) is 17.7 Å². The van der Waals surface area contributed by atoms with Crippen molar-refractivity contribution in [1.29, 1.82) is 0 Å². The Bertz CT molecular complexity index is 1420. The van der Waals surface area contributed by atoms with Crippen LogP contribution in [0.25, 0.3) is 10.9 Å². The molecule has 0 aliphatic carbocycles. The Morgan fingerprint density at radius 2 is 2.00 bits per heavy atom. The lowest BCUT2D eigenvalue weighted by Gasteiger charge is -2.34. The number of nitrogens with one attached hydrogen (secondary N) is 1. The van der Waals surface area contributed by atoms with Crippen molar-refractivity contribution in [3.8, 4) is 5.88 Å². The Morgan fingerprint density at radius 3 is 2.73 bits per heavy atom. The lowest BCUT2D eigenvalue weighted by atomic mass is 10.1. The maximum Gasteiger partial charge on any atom is 0.410 e. The minimum Gasteiger partial charge on any atom is -0.471 e. The molecule has 2 aromatic heterocycles. The summed E-state index contributed by atoms with van der Waals surface area (Å²) >= 11 is 0. The molecule has 1 N–H and O–H groups in total.